The molecule has 0 amide bonds. The van der Waals surface area contributed by atoms with Gasteiger partial charge in [0.15, 0.2) is 0 Å². The second kappa shape index (κ2) is 6.50. The van der Waals surface area contributed by atoms with Crippen molar-refractivity contribution in [2.75, 3.05) is 6.54 Å². The number of aliphatic hydroxyl groups is 1. The average Bonchev–Trinajstić information content (AvgIpc) is 2.34. The van der Waals surface area contributed by atoms with Crippen LogP contribution in [0, 0.1) is 11.7 Å². The number of hydrogen-bond donors (Lipinski definition) is 2. The average molecular weight is 272 g/mol. The number of nitrogens with one attached hydrogen (secondary N) is 1. The first-order chi connectivity index (χ1) is 8.65. The maximum Gasteiger partial charge on any atom is 0.123 e. The molecule has 2 atom stereocenters. The van der Waals surface area contributed by atoms with Crippen LogP contribution in [0.5, 0.6) is 0 Å². The van der Waals surface area contributed by atoms with Gasteiger partial charge in [0.2, 0.25) is 0 Å². The molecule has 1 saturated carbocycles. The molecular weight excluding hydrogens is 253 g/mol. The Labute approximate surface area is 112 Å². The maximum absolute atomic E-state index is 13.1. The summed E-state index contributed by atoms with van der Waals surface area (Å²) < 4.78 is 13.1. The summed E-state index contributed by atoms with van der Waals surface area (Å²) in [4.78, 5) is 0. The van der Waals surface area contributed by atoms with Crippen LogP contribution < -0.4 is 5.32 Å². The van der Waals surface area contributed by atoms with Crippen molar-refractivity contribution >= 4 is 11.6 Å². The molecule has 4 heteroatoms. The zero-order chi connectivity index (χ0) is 13.0. The lowest BCUT2D eigenvalue weighted by Gasteiger charge is -2.26. The van der Waals surface area contributed by atoms with Crippen LogP contribution in [0.25, 0.3) is 0 Å². The van der Waals surface area contributed by atoms with Crippen molar-refractivity contribution in [3.63, 3.8) is 0 Å². The van der Waals surface area contributed by atoms with E-state index in [1.807, 2.05) is 0 Å². The Morgan fingerprint density at radius 2 is 2.22 bits per heavy atom. The van der Waals surface area contributed by atoms with E-state index < -0.39 is 0 Å². The van der Waals surface area contributed by atoms with Gasteiger partial charge in [-0.15, -0.1) is 0 Å². The third-order valence-electron chi connectivity index (χ3n) is 3.51. The Morgan fingerprint density at radius 1 is 1.39 bits per heavy atom. The summed E-state index contributed by atoms with van der Waals surface area (Å²) >= 11 is 5.99. The van der Waals surface area contributed by atoms with Gasteiger partial charge in [0.25, 0.3) is 0 Å². The van der Waals surface area contributed by atoms with Crippen molar-refractivity contribution in [3.05, 3.63) is 34.6 Å². The fourth-order valence-corrected chi connectivity index (χ4v) is 2.72. The molecule has 0 saturated heterocycles. The van der Waals surface area contributed by atoms with Crippen molar-refractivity contribution in [2.24, 2.45) is 5.92 Å². The second-order valence-corrected chi connectivity index (χ2v) is 5.46. The molecule has 0 bridgehead atoms. The molecule has 1 aliphatic rings. The minimum Gasteiger partial charge on any atom is -0.393 e. The van der Waals surface area contributed by atoms with Crippen LogP contribution in [-0.4, -0.2) is 17.8 Å². The fourth-order valence-electron chi connectivity index (χ4n) is 2.54. The van der Waals surface area contributed by atoms with E-state index in [0.717, 1.165) is 37.8 Å². The van der Waals surface area contributed by atoms with Gasteiger partial charge in [-0.05, 0) is 55.5 Å². The number of hydrogen-bond acceptors (Lipinski definition) is 2. The van der Waals surface area contributed by atoms with Gasteiger partial charge in [-0.3, -0.25) is 0 Å². The van der Waals surface area contributed by atoms with E-state index in [0.29, 0.717) is 17.5 Å². The van der Waals surface area contributed by atoms with Crippen LogP contribution in [-0.2, 0) is 6.54 Å². The van der Waals surface area contributed by atoms with Crippen LogP contribution in [0.15, 0.2) is 18.2 Å². The molecule has 0 heterocycles. The summed E-state index contributed by atoms with van der Waals surface area (Å²) in [6.45, 7) is 1.42. The van der Waals surface area contributed by atoms with Crippen LogP contribution >= 0.6 is 11.6 Å². The number of rotatable bonds is 4. The Balaban J connectivity index is 1.79. The van der Waals surface area contributed by atoms with Gasteiger partial charge in [-0.2, -0.15) is 0 Å². The van der Waals surface area contributed by atoms with E-state index in [2.05, 4.69) is 5.32 Å². The van der Waals surface area contributed by atoms with Gasteiger partial charge in [-0.25, -0.2) is 4.39 Å². The van der Waals surface area contributed by atoms with Crippen LogP contribution in [0.1, 0.15) is 31.2 Å². The third-order valence-corrected chi connectivity index (χ3v) is 3.88. The molecule has 2 N–H and O–H groups in total. The topological polar surface area (TPSA) is 32.3 Å². The summed E-state index contributed by atoms with van der Waals surface area (Å²) in [5.41, 5.74) is 0.785. The molecule has 0 radical (unpaired) electrons. The highest BCUT2D eigenvalue weighted by Gasteiger charge is 2.19. The lowest BCUT2D eigenvalue weighted by molar-refractivity contribution is 0.101. The minimum absolute atomic E-state index is 0.150. The molecule has 1 aromatic rings. The Hall–Kier alpha value is -0.640. The molecule has 2 nitrogen and oxygen atoms in total. The van der Waals surface area contributed by atoms with Gasteiger partial charge in [0.1, 0.15) is 5.82 Å². The van der Waals surface area contributed by atoms with Gasteiger partial charge in [0, 0.05) is 11.6 Å². The van der Waals surface area contributed by atoms with Crippen molar-refractivity contribution in [1.29, 1.82) is 0 Å². The molecule has 0 aromatic heterocycles. The molecule has 2 unspecified atom stereocenters. The molecular formula is C14H19ClFNO. The van der Waals surface area contributed by atoms with E-state index in [9.17, 15) is 9.50 Å². The van der Waals surface area contributed by atoms with E-state index >= 15 is 0 Å². The first-order valence-electron chi connectivity index (χ1n) is 6.48. The zero-order valence-corrected chi connectivity index (χ0v) is 11.1. The number of halogens is 2. The SMILES string of the molecule is OC1CCCC(CNCc2cc(F)ccc2Cl)C1. The van der Waals surface area contributed by atoms with E-state index in [4.69, 9.17) is 11.6 Å². The number of benzene rings is 1. The number of aliphatic hydroxyl groups excluding tert-OH is 1. The Morgan fingerprint density at radius 3 is 3.00 bits per heavy atom. The highest BCUT2D eigenvalue weighted by Crippen LogP contribution is 2.24. The van der Waals surface area contributed by atoms with Crippen molar-refractivity contribution in [3.8, 4) is 0 Å². The van der Waals surface area contributed by atoms with Gasteiger partial charge in [-0.1, -0.05) is 18.0 Å². The van der Waals surface area contributed by atoms with Crippen molar-refractivity contribution in [1.82, 2.24) is 5.32 Å². The van der Waals surface area contributed by atoms with Crippen LogP contribution in [0.2, 0.25) is 5.02 Å². The predicted octanol–water partition coefficient (Wildman–Crippen LogP) is 3.12. The molecule has 100 valence electrons. The van der Waals surface area contributed by atoms with E-state index in [-0.39, 0.29) is 11.9 Å². The summed E-state index contributed by atoms with van der Waals surface area (Å²) in [6, 6.07) is 4.41. The Kier molecular flexibility index (Phi) is 4.98. The minimum atomic E-state index is -0.260. The van der Waals surface area contributed by atoms with Crippen molar-refractivity contribution < 1.29 is 9.50 Å². The van der Waals surface area contributed by atoms with E-state index in [1.54, 1.807) is 6.07 Å². The summed E-state index contributed by atoms with van der Waals surface area (Å²) in [5.74, 6) is 0.255. The highest BCUT2D eigenvalue weighted by molar-refractivity contribution is 6.31. The molecule has 18 heavy (non-hydrogen) atoms. The zero-order valence-electron chi connectivity index (χ0n) is 10.3. The maximum atomic E-state index is 13.1. The van der Waals surface area contributed by atoms with Crippen molar-refractivity contribution in [2.45, 2.75) is 38.3 Å². The summed E-state index contributed by atoms with van der Waals surface area (Å²) in [5, 5.41) is 13.5. The predicted molar refractivity (Wildman–Crippen MR) is 71.1 cm³/mol. The van der Waals surface area contributed by atoms with Crippen LogP contribution in [0.3, 0.4) is 0 Å². The first-order valence-corrected chi connectivity index (χ1v) is 6.85. The quantitative estimate of drug-likeness (QED) is 0.882. The van der Waals surface area contributed by atoms with Gasteiger partial charge >= 0.3 is 0 Å². The molecule has 2 rings (SSSR count). The molecule has 1 fully saturated rings. The monoisotopic (exact) mass is 271 g/mol. The molecule has 1 aromatic carbocycles. The summed E-state index contributed by atoms with van der Waals surface area (Å²) in [6.07, 6.45) is 3.88. The highest BCUT2D eigenvalue weighted by atomic mass is 35.5. The second-order valence-electron chi connectivity index (χ2n) is 5.05. The fraction of sp³-hybridized carbons (Fsp3) is 0.571. The molecule has 1 aliphatic carbocycles. The normalized spacial score (nSPS) is 24.2. The van der Waals surface area contributed by atoms with Crippen LogP contribution in [0.4, 0.5) is 4.39 Å². The summed E-state index contributed by atoms with van der Waals surface area (Å²) in [7, 11) is 0. The van der Waals surface area contributed by atoms with Gasteiger partial charge < -0.3 is 10.4 Å². The first kappa shape index (κ1) is 13.8. The molecule has 0 aliphatic heterocycles. The smallest absolute Gasteiger partial charge is 0.123 e. The lowest BCUT2D eigenvalue weighted by Crippen LogP contribution is -2.29. The van der Waals surface area contributed by atoms with Gasteiger partial charge in [0.05, 0.1) is 6.10 Å². The Bertz CT molecular complexity index is 399. The van der Waals surface area contributed by atoms with E-state index in [1.165, 1.54) is 12.1 Å². The standard InChI is InChI=1S/C14H19ClFNO/c15-14-5-4-12(16)7-11(14)9-17-8-10-2-1-3-13(18)6-10/h4-5,7,10,13,17-18H,1-3,6,8-9H2. The largest absolute Gasteiger partial charge is 0.393 e. The third kappa shape index (κ3) is 3.94. The molecule has 0 spiro atoms. The lowest BCUT2D eigenvalue weighted by atomic mass is 9.87.